The van der Waals surface area contributed by atoms with Crippen LogP contribution in [0.4, 0.5) is 0 Å². The molecule has 2 heterocycles. The van der Waals surface area contributed by atoms with Crippen molar-refractivity contribution >= 4 is 23.9 Å². The zero-order valence-electron chi connectivity index (χ0n) is 51.2. The van der Waals surface area contributed by atoms with Crippen LogP contribution in [0.15, 0.2) is 121 Å². The van der Waals surface area contributed by atoms with Crippen LogP contribution in [0.2, 0.25) is 0 Å². The van der Waals surface area contributed by atoms with Gasteiger partial charge in [-0.1, -0.05) is 48.5 Å². The summed E-state index contributed by atoms with van der Waals surface area (Å²) in [5, 5.41) is 0. The number of benzene rings is 6. The topological polar surface area (TPSA) is 179 Å². The molecular formula is C67H80I2N2O16. The van der Waals surface area contributed by atoms with Crippen LogP contribution in [-0.4, -0.2) is 155 Å². The molecule has 6 atom stereocenters. The zero-order valence-corrected chi connectivity index (χ0v) is 55.5. The second-order valence-electron chi connectivity index (χ2n) is 21.8. The number of carbonyl (C=O) groups is 4. The van der Waals surface area contributed by atoms with Crippen LogP contribution in [0.1, 0.15) is 85.4 Å². The molecule has 20 heteroatoms. The van der Waals surface area contributed by atoms with E-state index in [2.05, 4.69) is 14.1 Å². The van der Waals surface area contributed by atoms with Gasteiger partial charge in [0.05, 0.1) is 108 Å². The number of hydrogen-bond donors (Lipinski definition) is 0. The Bertz CT molecular complexity index is 3060. The number of fused-ring (bicyclic) bond motifs is 2. The van der Waals surface area contributed by atoms with E-state index in [-0.39, 0.29) is 86.3 Å². The number of quaternary nitrogens is 2. The Morgan fingerprint density at radius 3 is 1.10 bits per heavy atom. The Morgan fingerprint density at radius 1 is 0.425 bits per heavy atom. The second-order valence-corrected chi connectivity index (χ2v) is 21.8. The number of rotatable bonds is 28. The Balaban J connectivity index is 0.00000605. The highest BCUT2D eigenvalue weighted by molar-refractivity contribution is 5.92. The van der Waals surface area contributed by atoms with Crippen molar-refractivity contribution < 1.29 is 133 Å². The van der Waals surface area contributed by atoms with E-state index in [1.165, 1.54) is 0 Å². The van der Waals surface area contributed by atoms with Gasteiger partial charge in [-0.15, -0.1) is 0 Å². The van der Waals surface area contributed by atoms with Crippen molar-refractivity contribution in [1.29, 1.82) is 0 Å². The van der Waals surface area contributed by atoms with E-state index in [4.69, 9.17) is 56.8 Å². The molecule has 6 aromatic carbocycles. The van der Waals surface area contributed by atoms with Crippen LogP contribution in [0.5, 0.6) is 46.0 Å². The second kappa shape index (κ2) is 32.3. The predicted octanol–water partition coefficient (Wildman–Crippen LogP) is 3.74. The summed E-state index contributed by atoms with van der Waals surface area (Å²) >= 11 is 0. The minimum atomic E-state index is -1.29. The third-order valence-corrected chi connectivity index (χ3v) is 16.5. The summed E-state index contributed by atoms with van der Waals surface area (Å²) in [5.74, 6) is 2.06. The number of ether oxygens (including phenoxy) is 12. The summed E-state index contributed by atoms with van der Waals surface area (Å²) in [6, 6.07) is 36.2. The first kappa shape index (κ1) is 69.1. The molecule has 0 N–H and O–H groups in total. The van der Waals surface area contributed by atoms with Crippen LogP contribution in [-0.2, 0) is 54.2 Å². The molecule has 0 saturated heterocycles. The van der Waals surface area contributed by atoms with Crippen LogP contribution in [0.3, 0.4) is 0 Å². The van der Waals surface area contributed by atoms with Crippen molar-refractivity contribution in [1.82, 2.24) is 0 Å². The fraction of sp³-hybridized carbons (Fsp3) is 0.403. The van der Waals surface area contributed by atoms with Gasteiger partial charge >= 0.3 is 23.9 Å². The first-order valence-electron chi connectivity index (χ1n) is 28.6. The largest absolute Gasteiger partial charge is 1.00 e. The molecule has 18 nitrogen and oxygen atoms in total. The Kier molecular flexibility index (Phi) is 25.6. The van der Waals surface area contributed by atoms with Gasteiger partial charge < -0.3 is 114 Å². The molecule has 0 amide bonds. The molecule has 6 unspecified atom stereocenters. The lowest BCUT2D eigenvalue weighted by molar-refractivity contribution is -0.943. The normalized spacial score (nSPS) is 18.0. The van der Waals surface area contributed by atoms with Gasteiger partial charge in [-0.2, -0.15) is 0 Å². The number of carbonyl (C=O) groups excluding carboxylic acids is 4. The average Bonchev–Trinajstić information content (AvgIpc) is 1.45. The smallest absolute Gasteiger partial charge is 0.353 e. The van der Waals surface area contributed by atoms with Crippen molar-refractivity contribution in [3.63, 3.8) is 0 Å². The molecule has 0 radical (unpaired) electrons. The van der Waals surface area contributed by atoms with E-state index in [9.17, 15) is 19.2 Å². The van der Waals surface area contributed by atoms with Crippen LogP contribution < -0.4 is 85.8 Å². The molecule has 6 aromatic rings. The molecule has 0 fully saturated rings. The molecule has 0 saturated carbocycles. The van der Waals surface area contributed by atoms with Crippen molar-refractivity contribution in [3.05, 3.63) is 166 Å². The maximum atomic E-state index is 14.4. The third kappa shape index (κ3) is 16.8. The van der Waals surface area contributed by atoms with Crippen molar-refractivity contribution in [3.8, 4) is 46.0 Å². The van der Waals surface area contributed by atoms with Crippen molar-refractivity contribution in [2.24, 2.45) is 0 Å². The standard InChI is InChI=1S/C67H80N2O16.2HI/c1-68(30-28-48-38-58(78-7)60(80-9)40-50(48)52(68)34-44-24-26-54(74-3)56(36-44)76-5)42-62(84-64(70)46-20-14-11-15-21-46)66(72)82-32-18-13-19-33-83-67(73)63(85-65(71)47-22-16-12-17-23-47)43-69(2)31-29-49-39-59(79-8)61(81-10)41-51(49)53(69)35-45-25-27-55(75-4)57(37-45)77-6;;/h11-12,14-17,20-27,36-41,52-53,62-63H,13,18-19,28-35,42-43H2,1-10H3;2*1H/q+2;;/p-2. The number of hydrogen-bond acceptors (Lipinski definition) is 16. The lowest BCUT2D eigenvalue weighted by atomic mass is 9.86. The number of methoxy groups -OCH3 is 8. The molecule has 0 bridgehead atoms. The molecule has 8 rings (SSSR count). The van der Waals surface area contributed by atoms with Gasteiger partial charge in [-0.25, -0.2) is 19.2 Å². The zero-order chi connectivity index (χ0) is 60.7. The number of unbranched alkanes of at least 4 members (excludes halogenated alkanes) is 2. The van der Waals surface area contributed by atoms with Gasteiger partial charge in [0.25, 0.3) is 0 Å². The molecular weight excluding hydrogens is 1340 g/mol. The predicted molar refractivity (Wildman–Crippen MR) is 317 cm³/mol. The van der Waals surface area contributed by atoms with E-state index in [0.29, 0.717) is 124 Å². The molecule has 2 aliphatic heterocycles. The Morgan fingerprint density at radius 2 is 0.759 bits per heavy atom. The number of likely N-dealkylation sites (N-methyl/N-ethyl adjacent to an activating group) is 2. The number of esters is 4. The fourth-order valence-electron chi connectivity index (χ4n) is 11.8. The highest BCUT2D eigenvalue weighted by atomic mass is 127. The summed E-state index contributed by atoms with van der Waals surface area (Å²) in [7, 11) is 16.9. The van der Waals surface area contributed by atoms with Gasteiger partial charge in [0, 0.05) is 36.8 Å². The van der Waals surface area contributed by atoms with Crippen molar-refractivity contribution in [2.45, 2.75) is 69.2 Å². The monoisotopic (exact) mass is 1420 g/mol. The first-order chi connectivity index (χ1) is 41.1. The summed E-state index contributed by atoms with van der Waals surface area (Å²) in [6.07, 6.45) is 1.10. The molecule has 87 heavy (non-hydrogen) atoms. The van der Waals surface area contributed by atoms with Gasteiger partial charge in [0.1, 0.15) is 25.2 Å². The van der Waals surface area contributed by atoms with E-state index >= 15 is 0 Å². The van der Waals surface area contributed by atoms with Crippen LogP contribution in [0.25, 0.3) is 0 Å². The van der Waals surface area contributed by atoms with Gasteiger partial charge in [-0.3, -0.25) is 0 Å². The van der Waals surface area contributed by atoms with E-state index in [0.717, 1.165) is 33.4 Å². The van der Waals surface area contributed by atoms with E-state index in [1.807, 2.05) is 60.7 Å². The quantitative estimate of drug-likeness (QED) is 0.0228. The SMILES string of the molecule is COc1ccc(CC2c3cc(OC)c(OC)cc3CC[N+]2(C)CC(OC(=O)c2ccccc2)C(=O)OCCCCCOC(=O)C(C[N+]2(C)CCc3cc(OC)c(OC)cc3C2Cc2ccc(OC)c(OC)c2)OC(=O)c2ccccc2)cc1OC.[I-].[I-]. The summed E-state index contributed by atoms with van der Waals surface area (Å²) in [4.78, 5) is 56.5. The summed E-state index contributed by atoms with van der Waals surface area (Å²) in [6.45, 7) is 1.40. The maximum Gasteiger partial charge on any atom is 0.353 e. The summed E-state index contributed by atoms with van der Waals surface area (Å²) in [5.41, 5.74) is 6.70. The van der Waals surface area contributed by atoms with Gasteiger partial charge in [-0.05, 0) is 114 Å². The Hall–Kier alpha value is -7.02. The van der Waals surface area contributed by atoms with Gasteiger partial charge in [0.15, 0.2) is 46.0 Å². The average molecular weight is 1420 g/mol. The minimum absolute atomic E-state index is 0. The minimum Gasteiger partial charge on any atom is -1.00 e. The lowest BCUT2D eigenvalue weighted by Crippen LogP contribution is -3.00. The van der Waals surface area contributed by atoms with Gasteiger partial charge in [0.2, 0.25) is 12.2 Å². The van der Waals surface area contributed by atoms with Crippen molar-refractivity contribution in [2.75, 3.05) is 110 Å². The summed E-state index contributed by atoms with van der Waals surface area (Å²) < 4.78 is 70.3. The Labute approximate surface area is 544 Å². The highest BCUT2D eigenvalue weighted by Gasteiger charge is 2.47. The highest BCUT2D eigenvalue weighted by Crippen LogP contribution is 2.46. The molecule has 468 valence electrons. The molecule has 0 spiro atoms. The van der Waals surface area contributed by atoms with E-state index in [1.54, 1.807) is 118 Å². The third-order valence-electron chi connectivity index (χ3n) is 16.5. The lowest BCUT2D eigenvalue weighted by Gasteiger charge is -2.47. The number of nitrogens with zero attached hydrogens (tertiary/aromatic N) is 2. The van der Waals surface area contributed by atoms with Crippen LogP contribution >= 0.6 is 0 Å². The maximum absolute atomic E-state index is 14.4. The van der Waals surface area contributed by atoms with Crippen LogP contribution in [0, 0.1) is 0 Å². The van der Waals surface area contributed by atoms with E-state index < -0.39 is 36.1 Å². The fourth-order valence-corrected chi connectivity index (χ4v) is 11.8. The molecule has 0 aromatic heterocycles. The first-order valence-corrected chi connectivity index (χ1v) is 28.6. The molecule has 2 aliphatic rings. The number of halogens is 2. The molecule has 0 aliphatic carbocycles.